The monoisotopic (exact) mass is 380 g/mol. The Kier molecular flexibility index (Phi) is 4.34. The largest absolute Gasteiger partial charge is 0.356 e. The van der Waals surface area contributed by atoms with Crippen molar-refractivity contribution in [2.24, 2.45) is 4.99 Å². The van der Waals surface area contributed by atoms with Gasteiger partial charge in [-0.15, -0.1) is 10.2 Å². The van der Waals surface area contributed by atoms with Crippen molar-refractivity contribution >= 4 is 17.5 Å². The molecule has 4 aromatic heterocycles. The highest BCUT2D eigenvalue weighted by molar-refractivity contribution is 5.62. The van der Waals surface area contributed by atoms with Gasteiger partial charge < -0.3 is 9.09 Å². The van der Waals surface area contributed by atoms with E-state index in [1.165, 1.54) is 15.0 Å². The number of hydrogen-bond acceptors (Lipinski definition) is 6. The summed E-state index contributed by atoms with van der Waals surface area (Å²) in [6.45, 7) is 5.42. The van der Waals surface area contributed by atoms with E-state index >= 15 is 0 Å². The summed E-state index contributed by atoms with van der Waals surface area (Å²) in [4.78, 5) is 16.8. The third kappa shape index (κ3) is 3.00. The molecule has 0 aliphatic heterocycles. The minimum Gasteiger partial charge on any atom is -0.356 e. The molecule has 0 fully saturated rings. The Morgan fingerprint density at radius 3 is 2.82 bits per heavy atom. The van der Waals surface area contributed by atoms with Crippen molar-refractivity contribution in [3.63, 3.8) is 0 Å². The average molecular weight is 380 g/mol. The lowest BCUT2D eigenvalue weighted by Gasteiger charge is -2.08. The second-order valence-corrected chi connectivity index (χ2v) is 6.37. The number of nitrogens with zero attached hydrogens (tertiary/aromatic N) is 6. The second-order valence-electron chi connectivity index (χ2n) is 6.37. The van der Waals surface area contributed by atoms with Crippen LogP contribution in [-0.4, -0.2) is 30.5 Å². The highest BCUT2D eigenvalue weighted by atomic mass is 19.1. The van der Waals surface area contributed by atoms with Crippen LogP contribution in [0.2, 0.25) is 0 Å². The number of aryl methyl sites for hydroxylation is 1. The lowest BCUT2D eigenvalue weighted by molar-refractivity contribution is 0.426. The van der Waals surface area contributed by atoms with Crippen LogP contribution in [0.15, 0.2) is 44.9 Å². The molecular formula is C19H17FN6O2. The van der Waals surface area contributed by atoms with Crippen molar-refractivity contribution in [3.05, 3.63) is 63.8 Å². The van der Waals surface area contributed by atoms with Crippen LogP contribution in [0, 0.1) is 19.7 Å². The van der Waals surface area contributed by atoms with E-state index in [4.69, 9.17) is 4.52 Å². The SMILES string of the molecule is CC=Nc1ccn(Cc2nnc3c(F)cc(-c4cc(C)no4)cn23)c(=O)c1C. The van der Waals surface area contributed by atoms with E-state index in [-0.39, 0.29) is 17.8 Å². The van der Waals surface area contributed by atoms with Gasteiger partial charge in [0.05, 0.1) is 17.9 Å². The first-order chi connectivity index (χ1) is 13.5. The van der Waals surface area contributed by atoms with Gasteiger partial charge in [-0.05, 0) is 32.9 Å². The van der Waals surface area contributed by atoms with Gasteiger partial charge in [0, 0.05) is 35.8 Å². The number of aromatic nitrogens is 5. The zero-order chi connectivity index (χ0) is 19.8. The number of rotatable bonds is 4. The Hall–Kier alpha value is -3.62. The Morgan fingerprint density at radius 1 is 1.29 bits per heavy atom. The summed E-state index contributed by atoms with van der Waals surface area (Å²) in [5.74, 6) is 0.314. The van der Waals surface area contributed by atoms with E-state index in [2.05, 4.69) is 20.3 Å². The third-order valence-electron chi connectivity index (χ3n) is 4.40. The maximum atomic E-state index is 14.5. The maximum Gasteiger partial charge on any atom is 0.256 e. The van der Waals surface area contributed by atoms with Crippen molar-refractivity contribution in [1.82, 2.24) is 24.3 Å². The summed E-state index contributed by atoms with van der Waals surface area (Å²) in [5, 5.41) is 11.8. The van der Waals surface area contributed by atoms with Gasteiger partial charge in [0.15, 0.2) is 23.0 Å². The fraction of sp³-hybridized carbons (Fsp3) is 0.211. The molecule has 0 unspecified atom stereocenters. The van der Waals surface area contributed by atoms with Gasteiger partial charge in [0.25, 0.3) is 5.56 Å². The first-order valence-electron chi connectivity index (χ1n) is 8.63. The number of hydrogen-bond donors (Lipinski definition) is 0. The molecule has 4 rings (SSSR count). The number of aliphatic imine (C=N–C) groups is 1. The molecule has 0 saturated carbocycles. The summed E-state index contributed by atoms with van der Waals surface area (Å²) >= 11 is 0. The highest BCUT2D eigenvalue weighted by Crippen LogP contribution is 2.23. The Bertz CT molecular complexity index is 1270. The van der Waals surface area contributed by atoms with Crippen LogP contribution in [0.4, 0.5) is 10.1 Å². The van der Waals surface area contributed by atoms with Gasteiger partial charge >= 0.3 is 0 Å². The Labute approximate surface area is 159 Å². The second kappa shape index (κ2) is 6.84. The number of pyridine rings is 2. The van der Waals surface area contributed by atoms with Crippen LogP contribution in [0.5, 0.6) is 0 Å². The summed E-state index contributed by atoms with van der Waals surface area (Å²) in [5.41, 5.74) is 2.22. The molecular weight excluding hydrogens is 363 g/mol. The fourth-order valence-electron chi connectivity index (χ4n) is 2.98. The molecule has 4 heterocycles. The van der Waals surface area contributed by atoms with Crippen molar-refractivity contribution in [2.75, 3.05) is 0 Å². The van der Waals surface area contributed by atoms with Crippen LogP contribution in [0.1, 0.15) is 24.0 Å². The third-order valence-corrected chi connectivity index (χ3v) is 4.40. The summed E-state index contributed by atoms with van der Waals surface area (Å²) in [6, 6.07) is 4.79. The minimum absolute atomic E-state index is 0.0759. The van der Waals surface area contributed by atoms with Crippen molar-refractivity contribution < 1.29 is 8.91 Å². The molecule has 0 atom stereocenters. The molecule has 0 aliphatic carbocycles. The van der Waals surface area contributed by atoms with E-state index in [1.54, 1.807) is 51.5 Å². The van der Waals surface area contributed by atoms with Gasteiger partial charge in [-0.25, -0.2) is 4.39 Å². The first-order valence-corrected chi connectivity index (χ1v) is 8.63. The summed E-state index contributed by atoms with van der Waals surface area (Å²) < 4.78 is 22.7. The molecule has 8 nitrogen and oxygen atoms in total. The predicted molar refractivity (Wildman–Crippen MR) is 102 cm³/mol. The van der Waals surface area contributed by atoms with E-state index in [0.29, 0.717) is 34.1 Å². The van der Waals surface area contributed by atoms with Crippen LogP contribution in [0.3, 0.4) is 0 Å². The minimum atomic E-state index is -0.540. The number of fused-ring (bicyclic) bond motifs is 1. The molecule has 0 aliphatic rings. The van der Waals surface area contributed by atoms with E-state index < -0.39 is 5.82 Å². The molecule has 4 aromatic rings. The molecule has 0 N–H and O–H groups in total. The zero-order valence-corrected chi connectivity index (χ0v) is 15.5. The normalized spacial score (nSPS) is 11.7. The van der Waals surface area contributed by atoms with Gasteiger partial charge in [0.2, 0.25) is 0 Å². The van der Waals surface area contributed by atoms with Gasteiger partial charge in [0.1, 0.15) is 0 Å². The van der Waals surface area contributed by atoms with E-state index in [1.807, 2.05) is 0 Å². The summed E-state index contributed by atoms with van der Waals surface area (Å²) in [7, 11) is 0. The number of halogens is 1. The molecule has 0 radical (unpaired) electrons. The van der Waals surface area contributed by atoms with Crippen LogP contribution < -0.4 is 5.56 Å². The smallest absolute Gasteiger partial charge is 0.256 e. The molecule has 0 bridgehead atoms. The predicted octanol–water partition coefficient (Wildman–Crippen LogP) is 3.07. The zero-order valence-electron chi connectivity index (χ0n) is 15.5. The van der Waals surface area contributed by atoms with Gasteiger partial charge in [-0.3, -0.25) is 14.2 Å². The molecule has 0 saturated heterocycles. The highest BCUT2D eigenvalue weighted by Gasteiger charge is 2.16. The van der Waals surface area contributed by atoms with Crippen molar-refractivity contribution in [2.45, 2.75) is 27.3 Å². The molecule has 0 spiro atoms. The Morgan fingerprint density at radius 2 is 2.11 bits per heavy atom. The maximum absolute atomic E-state index is 14.5. The van der Waals surface area contributed by atoms with Crippen molar-refractivity contribution in [3.8, 4) is 11.3 Å². The topological polar surface area (TPSA) is 90.6 Å². The molecule has 0 amide bonds. The summed E-state index contributed by atoms with van der Waals surface area (Å²) in [6.07, 6.45) is 4.94. The van der Waals surface area contributed by atoms with E-state index in [0.717, 1.165) is 0 Å². The lowest BCUT2D eigenvalue weighted by atomic mass is 10.2. The Balaban J connectivity index is 1.79. The lowest BCUT2D eigenvalue weighted by Crippen LogP contribution is -2.23. The molecule has 28 heavy (non-hydrogen) atoms. The van der Waals surface area contributed by atoms with E-state index in [9.17, 15) is 9.18 Å². The van der Waals surface area contributed by atoms with Crippen molar-refractivity contribution in [1.29, 1.82) is 0 Å². The van der Waals surface area contributed by atoms with Crippen LogP contribution in [-0.2, 0) is 6.54 Å². The fourth-order valence-corrected chi connectivity index (χ4v) is 2.98. The average Bonchev–Trinajstić information content (AvgIpc) is 3.28. The van der Waals surface area contributed by atoms with Crippen LogP contribution in [0.25, 0.3) is 17.0 Å². The van der Waals surface area contributed by atoms with Crippen LogP contribution >= 0.6 is 0 Å². The van der Waals surface area contributed by atoms with Gasteiger partial charge in [-0.1, -0.05) is 5.16 Å². The first kappa shape index (κ1) is 17.8. The molecule has 0 aromatic carbocycles. The van der Waals surface area contributed by atoms with Gasteiger partial charge in [-0.2, -0.15) is 0 Å². The molecule has 142 valence electrons. The molecule has 9 heteroatoms. The quantitative estimate of drug-likeness (QED) is 0.508. The standard InChI is InChI=1S/C19H17FN6O2/c1-4-21-15-5-6-25(19(27)12(15)3)10-17-22-23-18-14(20)8-13(9-26(17)18)16-7-11(2)24-28-16/h4-9H,10H2,1-3H3.